The van der Waals surface area contributed by atoms with E-state index in [9.17, 15) is 13.5 Å². The van der Waals surface area contributed by atoms with Crippen molar-refractivity contribution in [1.82, 2.24) is 9.29 Å². The van der Waals surface area contributed by atoms with Crippen LogP contribution in [0.15, 0.2) is 41.4 Å². The van der Waals surface area contributed by atoms with Crippen molar-refractivity contribution in [2.75, 3.05) is 13.2 Å². The van der Waals surface area contributed by atoms with Crippen LogP contribution in [0.25, 0.3) is 10.9 Å². The molecule has 0 spiro atoms. The molecule has 0 radical (unpaired) electrons. The molecule has 106 valence electrons. The van der Waals surface area contributed by atoms with Crippen molar-refractivity contribution in [2.45, 2.75) is 23.8 Å². The van der Waals surface area contributed by atoms with Crippen LogP contribution >= 0.6 is 0 Å². The molecule has 20 heavy (non-hydrogen) atoms. The smallest absolute Gasteiger partial charge is 0.244 e. The van der Waals surface area contributed by atoms with E-state index >= 15 is 0 Å². The molecule has 0 amide bonds. The first-order valence-electron chi connectivity index (χ1n) is 6.61. The summed E-state index contributed by atoms with van der Waals surface area (Å²) in [4.78, 5) is 4.46. The molecule has 0 bridgehead atoms. The molecule has 5 nitrogen and oxygen atoms in total. The van der Waals surface area contributed by atoms with Crippen molar-refractivity contribution in [2.24, 2.45) is 0 Å². The Morgan fingerprint density at radius 1 is 1.30 bits per heavy atom. The minimum absolute atomic E-state index is 0.137. The highest BCUT2D eigenvalue weighted by molar-refractivity contribution is 7.89. The van der Waals surface area contributed by atoms with Crippen LogP contribution in [-0.2, 0) is 10.0 Å². The molecular formula is C14H16N2O3S. The monoisotopic (exact) mass is 292 g/mol. The molecule has 3 rings (SSSR count). The Balaban J connectivity index is 2.14. The molecule has 0 saturated carbocycles. The van der Waals surface area contributed by atoms with Crippen molar-refractivity contribution >= 4 is 20.9 Å². The fourth-order valence-corrected chi connectivity index (χ4v) is 4.62. The van der Waals surface area contributed by atoms with Crippen molar-refractivity contribution < 1.29 is 13.5 Å². The average Bonchev–Trinajstić information content (AvgIpc) is 2.96. The Morgan fingerprint density at radius 3 is 2.95 bits per heavy atom. The summed E-state index contributed by atoms with van der Waals surface area (Å²) in [5.41, 5.74) is 0.660. The number of benzene rings is 1. The third-order valence-corrected chi connectivity index (χ3v) is 5.74. The Bertz CT molecular complexity index is 725. The second-order valence-corrected chi connectivity index (χ2v) is 6.78. The van der Waals surface area contributed by atoms with Gasteiger partial charge in [0.05, 0.1) is 17.0 Å². The Hall–Kier alpha value is -1.50. The maximum atomic E-state index is 12.8. The number of aliphatic hydroxyl groups is 1. The predicted molar refractivity (Wildman–Crippen MR) is 75.7 cm³/mol. The molecule has 1 aromatic carbocycles. The fraction of sp³-hybridized carbons (Fsp3) is 0.357. The Labute approximate surface area is 117 Å². The van der Waals surface area contributed by atoms with E-state index in [0.717, 1.165) is 6.42 Å². The van der Waals surface area contributed by atoms with E-state index in [4.69, 9.17) is 0 Å². The van der Waals surface area contributed by atoms with Crippen LogP contribution in [0, 0.1) is 0 Å². The summed E-state index contributed by atoms with van der Waals surface area (Å²) < 4.78 is 27.0. The first-order valence-corrected chi connectivity index (χ1v) is 8.05. The SMILES string of the molecule is O=S(=O)(c1cccc2ncccc12)N1CCCC1CO. The molecule has 1 aromatic heterocycles. The van der Waals surface area contributed by atoms with Gasteiger partial charge in [-0.15, -0.1) is 0 Å². The lowest BCUT2D eigenvalue weighted by molar-refractivity contribution is 0.213. The van der Waals surface area contributed by atoms with Gasteiger partial charge < -0.3 is 5.11 Å². The third-order valence-electron chi connectivity index (χ3n) is 3.73. The van der Waals surface area contributed by atoms with Crippen LogP contribution < -0.4 is 0 Å². The zero-order valence-corrected chi connectivity index (χ0v) is 11.8. The average molecular weight is 292 g/mol. The van der Waals surface area contributed by atoms with Gasteiger partial charge in [0.25, 0.3) is 0 Å². The van der Waals surface area contributed by atoms with Crippen molar-refractivity contribution in [1.29, 1.82) is 0 Å². The number of aliphatic hydroxyl groups excluding tert-OH is 1. The van der Waals surface area contributed by atoms with E-state index in [2.05, 4.69) is 4.98 Å². The first-order chi connectivity index (χ1) is 9.64. The number of hydrogen-bond donors (Lipinski definition) is 1. The summed E-state index contributed by atoms with van der Waals surface area (Å²) in [5, 5.41) is 9.97. The fourth-order valence-electron chi connectivity index (χ4n) is 2.73. The Kier molecular flexibility index (Phi) is 3.45. The number of fused-ring (bicyclic) bond motifs is 1. The topological polar surface area (TPSA) is 70.5 Å². The number of rotatable bonds is 3. The number of aromatic nitrogens is 1. The second-order valence-electron chi connectivity index (χ2n) is 4.92. The third kappa shape index (κ3) is 2.09. The van der Waals surface area contributed by atoms with Gasteiger partial charge in [0.1, 0.15) is 0 Å². The van der Waals surface area contributed by atoms with E-state index in [0.29, 0.717) is 23.9 Å². The molecule has 2 heterocycles. The van der Waals surface area contributed by atoms with E-state index in [1.165, 1.54) is 4.31 Å². The van der Waals surface area contributed by atoms with Crippen molar-refractivity contribution in [3.05, 3.63) is 36.5 Å². The molecule has 6 heteroatoms. The highest BCUT2D eigenvalue weighted by Gasteiger charge is 2.35. The highest BCUT2D eigenvalue weighted by atomic mass is 32.2. The van der Waals surface area contributed by atoms with Gasteiger partial charge in [-0.1, -0.05) is 6.07 Å². The molecule has 2 aromatic rings. The van der Waals surface area contributed by atoms with Gasteiger partial charge in [0.2, 0.25) is 10.0 Å². The number of pyridine rings is 1. The molecular weight excluding hydrogens is 276 g/mol. The largest absolute Gasteiger partial charge is 0.395 e. The standard InChI is InChI=1S/C14H16N2O3S/c17-10-11-4-3-9-16(11)20(18,19)14-7-1-6-13-12(14)5-2-8-15-13/h1-2,5-8,11,17H,3-4,9-10H2. The lowest BCUT2D eigenvalue weighted by atomic mass is 10.2. The number of nitrogens with zero attached hydrogens (tertiary/aromatic N) is 2. The molecule has 1 aliphatic rings. The maximum absolute atomic E-state index is 12.8. The normalized spacial score (nSPS) is 20.6. The summed E-state index contributed by atoms with van der Waals surface area (Å²) in [6.07, 6.45) is 3.14. The van der Waals surface area contributed by atoms with E-state index in [1.54, 1.807) is 36.5 Å². The lowest BCUT2D eigenvalue weighted by Crippen LogP contribution is -2.37. The van der Waals surface area contributed by atoms with Gasteiger partial charge in [0.15, 0.2) is 0 Å². The van der Waals surface area contributed by atoms with Gasteiger partial charge in [-0.05, 0) is 37.1 Å². The van der Waals surface area contributed by atoms with E-state index in [1.807, 2.05) is 0 Å². The zero-order chi connectivity index (χ0) is 14.2. The molecule has 1 aliphatic heterocycles. The Morgan fingerprint density at radius 2 is 2.15 bits per heavy atom. The second kappa shape index (κ2) is 5.12. The summed E-state index contributed by atoms with van der Waals surface area (Å²) in [6.45, 7) is 0.326. The molecule has 1 unspecified atom stereocenters. The molecule has 1 N–H and O–H groups in total. The summed E-state index contributed by atoms with van der Waals surface area (Å²) in [7, 11) is -3.59. The quantitative estimate of drug-likeness (QED) is 0.928. The minimum Gasteiger partial charge on any atom is -0.395 e. The molecule has 1 fully saturated rings. The lowest BCUT2D eigenvalue weighted by Gasteiger charge is -2.23. The van der Waals surface area contributed by atoms with Crippen LogP contribution in [0.4, 0.5) is 0 Å². The van der Waals surface area contributed by atoms with E-state index < -0.39 is 10.0 Å². The van der Waals surface area contributed by atoms with Gasteiger partial charge in [0, 0.05) is 24.2 Å². The van der Waals surface area contributed by atoms with Crippen LogP contribution in [0.2, 0.25) is 0 Å². The van der Waals surface area contributed by atoms with Crippen LogP contribution in [0.5, 0.6) is 0 Å². The van der Waals surface area contributed by atoms with Crippen LogP contribution in [0.1, 0.15) is 12.8 Å². The summed E-state index contributed by atoms with van der Waals surface area (Å²) >= 11 is 0. The summed E-state index contributed by atoms with van der Waals surface area (Å²) in [6, 6.07) is 8.28. The van der Waals surface area contributed by atoms with Crippen molar-refractivity contribution in [3.8, 4) is 0 Å². The van der Waals surface area contributed by atoms with Gasteiger partial charge in [-0.25, -0.2) is 8.42 Å². The molecule has 1 saturated heterocycles. The van der Waals surface area contributed by atoms with Gasteiger partial charge in [-0.3, -0.25) is 4.98 Å². The number of sulfonamides is 1. The minimum atomic E-state index is -3.59. The highest BCUT2D eigenvalue weighted by Crippen LogP contribution is 2.29. The first kappa shape index (κ1) is 13.5. The molecule has 1 atom stereocenters. The van der Waals surface area contributed by atoms with Gasteiger partial charge >= 0.3 is 0 Å². The maximum Gasteiger partial charge on any atom is 0.244 e. The summed E-state index contributed by atoms with van der Waals surface area (Å²) in [5.74, 6) is 0. The van der Waals surface area contributed by atoms with Crippen LogP contribution in [-0.4, -0.2) is 42.0 Å². The predicted octanol–water partition coefficient (Wildman–Crippen LogP) is 1.38. The zero-order valence-electron chi connectivity index (χ0n) is 10.9. The van der Waals surface area contributed by atoms with Gasteiger partial charge in [-0.2, -0.15) is 4.31 Å². The molecule has 0 aliphatic carbocycles. The van der Waals surface area contributed by atoms with Crippen LogP contribution in [0.3, 0.4) is 0 Å². The van der Waals surface area contributed by atoms with E-state index in [-0.39, 0.29) is 17.5 Å². The van der Waals surface area contributed by atoms with Crippen molar-refractivity contribution in [3.63, 3.8) is 0 Å². The number of hydrogen-bond acceptors (Lipinski definition) is 4.